The molecule has 1 aromatic heterocycles. The first-order chi connectivity index (χ1) is 12.2. The average molecular weight is 370 g/mol. The minimum Gasteiger partial charge on any atom is -0.481 e. The Morgan fingerprint density at radius 2 is 1.62 bits per heavy atom. The van der Waals surface area contributed by atoms with Crippen LogP contribution in [0.5, 0.6) is 23.5 Å². The number of nitrogens with zero attached hydrogens (tertiary/aromatic N) is 4. The number of methoxy groups -OCH3 is 2. The van der Waals surface area contributed by atoms with Crippen molar-refractivity contribution in [2.45, 2.75) is 6.18 Å². The fraction of sp³-hybridized carbons (Fsp3) is 0.312. The summed E-state index contributed by atoms with van der Waals surface area (Å²) in [5.74, 6) is 0.172. The molecule has 2 aromatic rings. The van der Waals surface area contributed by atoms with Crippen LogP contribution in [-0.4, -0.2) is 55.2 Å². The molecule has 10 heteroatoms. The molecule has 0 aliphatic rings. The lowest BCUT2D eigenvalue weighted by Crippen LogP contribution is -2.27. The highest BCUT2D eigenvalue weighted by atomic mass is 19.4. The van der Waals surface area contributed by atoms with E-state index in [0.29, 0.717) is 0 Å². The van der Waals surface area contributed by atoms with E-state index in [1.54, 1.807) is 0 Å². The standard InChI is InChI=1S/C16H17F3N4O3/c1-23(2)22-14(16(17,18)19)10-7-5-6-8-11(10)26-15-20-12(24-3)9-13(21-15)25-4/h5-9H,1-4H3. The van der Waals surface area contributed by atoms with Gasteiger partial charge in [-0.3, -0.25) is 0 Å². The van der Waals surface area contributed by atoms with Crippen molar-refractivity contribution in [2.24, 2.45) is 5.10 Å². The monoisotopic (exact) mass is 370 g/mol. The molecule has 0 spiro atoms. The zero-order valence-electron chi connectivity index (χ0n) is 14.5. The maximum atomic E-state index is 13.4. The number of ether oxygens (including phenoxy) is 3. The van der Waals surface area contributed by atoms with Crippen molar-refractivity contribution in [1.82, 2.24) is 15.0 Å². The summed E-state index contributed by atoms with van der Waals surface area (Å²) in [5.41, 5.74) is -1.35. The average Bonchev–Trinajstić information content (AvgIpc) is 2.59. The molecule has 0 aliphatic carbocycles. The molecule has 0 aliphatic heterocycles. The summed E-state index contributed by atoms with van der Waals surface area (Å²) in [4.78, 5) is 7.90. The van der Waals surface area contributed by atoms with Gasteiger partial charge in [0.1, 0.15) is 5.75 Å². The lowest BCUT2D eigenvalue weighted by molar-refractivity contribution is -0.0592. The number of hydrogen-bond donors (Lipinski definition) is 0. The number of aromatic nitrogens is 2. The van der Waals surface area contributed by atoms with Gasteiger partial charge in [0.05, 0.1) is 20.3 Å². The van der Waals surface area contributed by atoms with E-state index in [0.717, 1.165) is 5.01 Å². The number of para-hydroxylation sites is 1. The van der Waals surface area contributed by atoms with E-state index >= 15 is 0 Å². The van der Waals surface area contributed by atoms with Crippen molar-refractivity contribution in [3.05, 3.63) is 35.9 Å². The summed E-state index contributed by atoms with van der Waals surface area (Å²) in [6.07, 6.45) is -4.68. The van der Waals surface area contributed by atoms with Gasteiger partial charge in [-0.25, -0.2) is 0 Å². The molecule has 0 saturated heterocycles. The smallest absolute Gasteiger partial charge is 0.435 e. The number of rotatable bonds is 6. The van der Waals surface area contributed by atoms with Gasteiger partial charge in [-0.2, -0.15) is 28.2 Å². The van der Waals surface area contributed by atoms with Gasteiger partial charge >= 0.3 is 12.2 Å². The van der Waals surface area contributed by atoms with E-state index in [4.69, 9.17) is 14.2 Å². The molecule has 0 unspecified atom stereocenters. The fourth-order valence-electron chi connectivity index (χ4n) is 1.95. The SMILES string of the molecule is COc1cc(OC)nc(Oc2ccccc2C(=NN(C)C)C(F)(F)F)n1. The molecule has 26 heavy (non-hydrogen) atoms. The number of alkyl halides is 3. The minimum absolute atomic E-state index is 0.110. The summed E-state index contributed by atoms with van der Waals surface area (Å²) in [7, 11) is 5.55. The third-order valence-corrected chi connectivity index (χ3v) is 2.99. The van der Waals surface area contributed by atoms with Crippen LogP contribution in [-0.2, 0) is 0 Å². The molecule has 0 amide bonds. The van der Waals surface area contributed by atoms with Crippen molar-refractivity contribution in [2.75, 3.05) is 28.3 Å². The summed E-state index contributed by atoms with van der Waals surface area (Å²) >= 11 is 0. The Morgan fingerprint density at radius 3 is 2.12 bits per heavy atom. The van der Waals surface area contributed by atoms with E-state index in [1.807, 2.05) is 0 Å². The largest absolute Gasteiger partial charge is 0.481 e. The van der Waals surface area contributed by atoms with Crippen LogP contribution in [0.25, 0.3) is 0 Å². The predicted molar refractivity (Wildman–Crippen MR) is 87.9 cm³/mol. The van der Waals surface area contributed by atoms with Gasteiger partial charge in [0.15, 0.2) is 5.71 Å². The quantitative estimate of drug-likeness (QED) is 0.575. The van der Waals surface area contributed by atoms with Crippen molar-refractivity contribution >= 4 is 5.71 Å². The number of benzene rings is 1. The lowest BCUT2D eigenvalue weighted by atomic mass is 10.1. The number of hydrazone groups is 1. The molecule has 2 rings (SSSR count). The molecule has 0 radical (unpaired) electrons. The summed E-state index contributed by atoms with van der Waals surface area (Å²) in [6.45, 7) is 0. The Balaban J connectivity index is 2.50. The highest BCUT2D eigenvalue weighted by Crippen LogP contribution is 2.31. The molecule has 7 nitrogen and oxygen atoms in total. The van der Waals surface area contributed by atoms with Gasteiger partial charge in [-0.05, 0) is 12.1 Å². The molecular weight excluding hydrogens is 353 g/mol. The maximum absolute atomic E-state index is 13.4. The second kappa shape index (κ2) is 7.89. The zero-order chi connectivity index (χ0) is 19.3. The fourth-order valence-corrected chi connectivity index (χ4v) is 1.95. The van der Waals surface area contributed by atoms with Crippen LogP contribution in [0.4, 0.5) is 13.2 Å². The van der Waals surface area contributed by atoms with Crippen LogP contribution in [0.3, 0.4) is 0 Å². The molecule has 1 heterocycles. The lowest BCUT2D eigenvalue weighted by Gasteiger charge is -2.16. The molecule has 0 atom stereocenters. The Labute approximate surface area is 148 Å². The van der Waals surface area contributed by atoms with Gasteiger partial charge in [0, 0.05) is 19.7 Å². The third-order valence-electron chi connectivity index (χ3n) is 2.99. The third kappa shape index (κ3) is 4.74. The highest BCUT2D eigenvalue weighted by molar-refractivity contribution is 6.06. The van der Waals surface area contributed by atoms with Crippen LogP contribution < -0.4 is 14.2 Å². The second-order valence-corrected chi connectivity index (χ2v) is 5.13. The van der Waals surface area contributed by atoms with Crippen LogP contribution in [0, 0.1) is 0 Å². The molecule has 0 N–H and O–H groups in total. The topological polar surface area (TPSA) is 69.1 Å². The molecule has 0 fully saturated rings. The van der Waals surface area contributed by atoms with Crippen molar-refractivity contribution < 1.29 is 27.4 Å². The van der Waals surface area contributed by atoms with E-state index in [2.05, 4.69) is 15.1 Å². The first-order valence-corrected chi connectivity index (χ1v) is 7.32. The highest BCUT2D eigenvalue weighted by Gasteiger charge is 2.39. The summed E-state index contributed by atoms with van der Waals surface area (Å²) in [5, 5.41) is 4.60. The van der Waals surface area contributed by atoms with Crippen LogP contribution in [0.15, 0.2) is 35.4 Å². The van der Waals surface area contributed by atoms with Crippen molar-refractivity contribution in [3.63, 3.8) is 0 Å². The Kier molecular flexibility index (Phi) is 5.86. The summed E-state index contributed by atoms with van der Waals surface area (Å²) < 4.78 is 55.8. The Hall–Kier alpha value is -3.04. The van der Waals surface area contributed by atoms with Crippen molar-refractivity contribution in [3.8, 4) is 23.5 Å². The Bertz CT molecular complexity index is 772. The Morgan fingerprint density at radius 1 is 1.04 bits per heavy atom. The number of hydrogen-bond acceptors (Lipinski definition) is 7. The minimum atomic E-state index is -4.68. The van der Waals surface area contributed by atoms with Crippen LogP contribution in [0.2, 0.25) is 0 Å². The number of halogens is 3. The van der Waals surface area contributed by atoms with Crippen molar-refractivity contribution in [1.29, 1.82) is 0 Å². The van der Waals surface area contributed by atoms with Crippen LogP contribution in [0.1, 0.15) is 5.56 Å². The van der Waals surface area contributed by atoms with Crippen LogP contribution >= 0.6 is 0 Å². The molecule has 0 bridgehead atoms. The normalized spacial score (nSPS) is 11.9. The van der Waals surface area contributed by atoms with Gasteiger partial charge in [0.2, 0.25) is 11.8 Å². The van der Waals surface area contributed by atoms with Gasteiger partial charge in [0.25, 0.3) is 0 Å². The first-order valence-electron chi connectivity index (χ1n) is 7.32. The molecular formula is C16H17F3N4O3. The zero-order valence-corrected chi connectivity index (χ0v) is 14.5. The van der Waals surface area contributed by atoms with E-state index in [1.165, 1.54) is 58.6 Å². The summed E-state index contributed by atoms with van der Waals surface area (Å²) in [6, 6.07) is 6.78. The maximum Gasteiger partial charge on any atom is 0.435 e. The first kappa shape index (κ1) is 19.3. The van der Waals surface area contributed by atoms with E-state index in [9.17, 15) is 13.2 Å². The molecule has 1 aromatic carbocycles. The second-order valence-electron chi connectivity index (χ2n) is 5.13. The van der Waals surface area contributed by atoms with Gasteiger partial charge in [-0.15, -0.1) is 0 Å². The predicted octanol–water partition coefficient (Wildman–Crippen LogP) is 3.11. The molecule has 0 saturated carbocycles. The van der Waals surface area contributed by atoms with E-state index in [-0.39, 0.29) is 29.1 Å². The van der Waals surface area contributed by atoms with E-state index < -0.39 is 11.9 Å². The van der Waals surface area contributed by atoms with Gasteiger partial charge < -0.3 is 19.2 Å². The van der Waals surface area contributed by atoms with Gasteiger partial charge in [-0.1, -0.05) is 12.1 Å². The molecule has 140 valence electrons.